The molecule has 1 N–H and O–H groups in total. The highest BCUT2D eigenvalue weighted by Crippen LogP contribution is 2.08. The zero-order valence-corrected chi connectivity index (χ0v) is 9.73. The fraction of sp³-hybridized carbons (Fsp3) is 1.00. The lowest BCUT2D eigenvalue weighted by atomic mass is 10.1. The fourth-order valence-corrected chi connectivity index (χ4v) is 1.68. The van der Waals surface area contributed by atoms with Crippen molar-refractivity contribution in [2.45, 2.75) is 71.8 Å². The Morgan fingerprint density at radius 2 is 1.54 bits per heavy atom. The zero-order valence-electron chi connectivity index (χ0n) is 9.73. The Balaban J connectivity index is 2.97. The first-order valence-corrected chi connectivity index (χ1v) is 6.04. The van der Waals surface area contributed by atoms with E-state index in [0.717, 1.165) is 12.6 Å². The van der Waals surface area contributed by atoms with Crippen LogP contribution in [-0.2, 0) is 0 Å². The van der Waals surface area contributed by atoms with Crippen LogP contribution in [0.1, 0.15) is 65.7 Å². The molecule has 0 fully saturated rings. The lowest BCUT2D eigenvalue weighted by Crippen LogP contribution is -2.25. The van der Waals surface area contributed by atoms with Gasteiger partial charge < -0.3 is 5.32 Å². The number of rotatable bonds is 9. The van der Waals surface area contributed by atoms with Crippen LogP contribution in [-0.4, -0.2) is 12.6 Å². The van der Waals surface area contributed by atoms with Gasteiger partial charge in [-0.3, -0.25) is 0 Å². The maximum atomic E-state index is 3.45. The molecule has 1 atom stereocenters. The van der Waals surface area contributed by atoms with Gasteiger partial charge in [-0.15, -0.1) is 0 Å². The highest BCUT2D eigenvalue weighted by atomic mass is 14.9. The van der Waals surface area contributed by atoms with Gasteiger partial charge in [-0.05, 0) is 19.9 Å². The molecule has 1 heteroatoms. The van der Waals surface area contributed by atoms with E-state index in [-0.39, 0.29) is 0 Å². The smallest absolute Gasteiger partial charge is 0.00386 e. The van der Waals surface area contributed by atoms with Crippen molar-refractivity contribution in [3.05, 3.63) is 0 Å². The monoisotopic (exact) mass is 185 g/mol. The second-order valence-corrected chi connectivity index (χ2v) is 4.02. The van der Waals surface area contributed by atoms with E-state index >= 15 is 0 Å². The molecule has 0 spiro atoms. The van der Waals surface area contributed by atoms with Gasteiger partial charge in [-0.25, -0.2) is 0 Å². The second-order valence-electron chi connectivity index (χ2n) is 4.02. The predicted octanol–water partition coefficient (Wildman–Crippen LogP) is 3.74. The molecule has 80 valence electrons. The van der Waals surface area contributed by atoms with Gasteiger partial charge >= 0.3 is 0 Å². The summed E-state index contributed by atoms with van der Waals surface area (Å²) in [6.45, 7) is 7.84. The van der Waals surface area contributed by atoms with Crippen LogP contribution in [0.4, 0.5) is 0 Å². The average Bonchev–Trinajstić information content (AvgIpc) is 2.11. The Kier molecular flexibility index (Phi) is 10.0. The topological polar surface area (TPSA) is 12.0 Å². The molecular formula is C12H27N. The first-order valence-electron chi connectivity index (χ1n) is 6.04. The normalized spacial score (nSPS) is 13.2. The average molecular weight is 185 g/mol. The molecule has 0 heterocycles. The standard InChI is InChI=1S/C12H27N/c1-4-6-7-8-9-10-11-12(3)13-5-2/h12-13H,4-11H2,1-3H3. The summed E-state index contributed by atoms with van der Waals surface area (Å²) in [6, 6.07) is 0.719. The van der Waals surface area contributed by atoms with Crippen LogP contribution in [0.3, 0.4) is 0 Å². The molecule has 0 amide bonds. The van der Waals surface area contributed by atoms with Gasteiger partial charge in [0.1, 0.15) is 0 Å². The third-order valence-corrected chi connectivity index (χ3v) is 2.54. The van der Waals surface area contributed by atoms with E-state index in [9.17, 15) is 0 Å². The number of unbranched alkanes of at least 4 members (excludes halogenated alkanes) is 5. The van der Waals surface area contributed by atoms with E-state index in [1.54, 1.807) is 0 Å². The van der Waals surface area contributed by atoms with Crippen LogP contribution in [0.25, 0.3) is 0 Å². The van der Waals surface area contributed by atoms with E-state index < -0.39 is 0 Å². The van der Waals surface area contributed by atoms with Crippen LogP contribution >= 0.6 is 0 Å². The van der Waals surface area contributed by atoms with Crippen molar-refractivity contribution in [1.29, 1.82) is 0 Å². The Morgan fingerprint density at radius 1 is 0.923 bits per heavy atom. The van der Waals surface area contributed by atoms with Gasteiger partial charge in [0.15, 0.2) is 0 Å². The van der Waals surface area contributed by atoms with Crippen LogP contribution in [0.15, 0.2) is 0 Å². The van der Waals surface area contributed by atoms with Crippen molar-refractivity contribution in [2.24, 2.45) is 0 Å². The largest absolute Gasteiger partial charge is 0.315 e. The van der Waals surface area contributed by atoms with Gasteiger partial charge in [0, 0.05) is 6.04 Å². The molecule has 0 aliphatic carbocycles. The van der Waals surface area contributed by atoms with E-state index in [1.165, 1.54) is 44.9 Å². The van der Waals surface area contributed by atoms with Gasteiger partial charge in [0.25, 0.3) is 0 Å². The molecule has 0 aromatic rings. The molecule has 0 aromatic heterocycles. The maximum Gasteiger partial charge on any atom is 0.00386 e. The van der Waals surface area contributed by atoms with Crippen LogP contribution in [0.2, 0.25) is 0 Å². The van der Waals surface area contributed by atoms with Gasteiger partial charge in [-0.1, -0.05) is 52.4 Å². The minimum Gasteiger partial charge on any atom is -0.315 e. The lowest BCUT2D eigenvalue weighted by molar-refractivity contribution is 0.489. The molecular weight excluding hydrogens is 158 g/mol. The first kappa shape index (κ1) is 13.0. The van der Waals surface area contributed by atoms with Crippen molar-refractivity contribution in [2.75, 3.05) is 6.54 Å². The quantitative estimate of drug-likeness (QED) is 0.540. The highest BCUT2D eigenvalue weighted by molar-refractivity contribution is 4.58. The molecule has 1 unspecified atom stereocenters. The summed E-state index contributed by atoms with van der Waals surface area (Å²) in [6.07, 6.45) is 9.82. The van der Waals surface area contributed by atoms with Crippen LogP contribution < -0.4 is 5.32 Å². The Hall–Kier alpha value is -0.0400. The summed E-state index contributed by atoms with van der Waals surface area (Å²) in [5.41, 5.74) is 0. The Bertz CT molecular complexity index is 91.1. The number of hydrogen-bond donors (Lipinski definition) is 1. The van der Waals surface area contributed by atoms with Crippen molar-refractivity contribution in [3.63, 3.8) is 0 Å². The highest BCUT2D eigenvalue weighted by Gasteiger charge is 1.98. The maximum absolute atomic E-state index is 3.45. The third kappa shape index (κ3) is 9.88. The van der Waals surface area contributed by atoms with Gasteiger partial charge in [0.2, 0.25) is 0 Å². The summed E-state index contributed by atoms with van der Waals surface area (Å²) in [5.74, 6) is 0. The Morgan fingerprint density at radius 3 is 2.15 bits per heavy atom. The van der Waals surface area contributed by atoms with Crippen molar-refractivity contribution in [1.82, 2.24) is 5.32 Å². The molecule has 13 heavy (non-hydrogen) atoms. The summed E-state index contributed by atoms with van der Waals surface area (Å²) in [5, 5.41) is 3.45. The molecule has 0 aliphatic rings. The summed E-state index contributed by atoms with van der Waals surface area (Å²) < 4.78 is 0. The molecule has 1 nitrogen and oxygen atoms in total. The van der Waals surface area contributed by atoms with E-state index in [1.807, 2.05) is 0 Å². The number of hydrogen-bond acceptors (Lipinski definition) is 1. The van der Waals surface area contributed by atoms with E-state index in [0.29, 0.717) is 0 Å². The van der Waals surface area contributed by atoms with Crippen molar-refractivity contribution in [3.8, 4) is 0 Å². The minimum absolute atomic E-state index is 0.719. The Labute approximate surface area is 84.3 Å². The summed E-state index contributed by atoms with van der Waals surface area (Å²) in [7, 11) is 0. The first-order chi connectivity index (χ1) is 6.31. The predicted molar refractivity (Wildman–Crippen MR) is 61.1 cm³/mol. The lowest BCUT2D eigenvalue weighted by Gasteiger charge is -2.11. The number of nitrogens with one attached hydrogen (secondary N) is 1. The van der Waals surface area contributed by atoms with Crippen LogP contribution in [0, 0.1) is 0 Å². The van der Waals surface area contributed by atoms with E-state index in [4.69, 9.17) is 0 Å². The molecule has 0 bridgehead atoms. The van der Waals surface area contributed by atoms with Crippen molar-refractivity contribution < 1.29 is 0 Å². The molecule has 0 radical (unpaired) electrons. The van der Waals surface area contributed by atoms with Crippen LogP contribution in [0.5, 0.6) is 0 Å². The SMILES string of the molecule is CCCCCCCCC(C)NCC. The fourth-order valence-electron chi connectivity index (χ4n) is 1.68. The molecule has 0 rings (SSSR count). The third-order valence-electron chi connectivity index (χ3n) is 2.54. The molecule has 0 saturated heterocycles. The summed E-state index contributed by atoms with van der Waals surface area (Å²) in [4.78, 5) is 0. The second kappa shape index (κ2) is 10.0. The molecule has 0 aliphatic heterocycles. The zero-order chi connectivity index (χ0) is 9.94. The van der Waals surface area contributed by atoms with E-state index in [2.05, 4.69) is 26.1 Å². The van der Waals surface area contributed by atoms with Gasteiger partial charge in [0.05, 0.1) is 0 Å². The summed E-state index contributed by atoms with van der Waals surface area (Å²) >= 11 is 0. The minimum atomic E-state index is 0.719. The van der Waals surface area contributed by atoms with Gasteiger partial charge in [-0.2, -0.15) is 0 Å². The molecule has 0 aromatic carbocycles. The molecule has 0 saturated carbocycles. The van der Waals surface area contributed by atoms with Crippen molar-refractivity contribution >= 4 is 0 Å².